The third-order valence-corrected chi connectivity index (χ3v) is 2.56. The number of hydrogen-bond donors (Lipinski definition) is 0. The van der Waals surface area contributed by atoms with E-state index in [2.05, 4.69) is 6.92 Å². The molecule has 0 aromatic heterocycles. The van der Waals surface area contributed by atoms with Crippen molar-refractivity contribution in [2.45, 2.75) is 39.5 Å². The van der Waals surface area contributed by atoms with Crippen molar-refractivity contribution in [3.05, 3.63) is 0 Å². The third-order valence-electron chi connectivity index (χ3n) is 2.56. The maximum Gasteiger partial charge on any atom is 0.135 e. The van der Waals surface area contributed by atoms with E-state index in [1.54, 1.807) is 6.92 Å². The quantitative estimate of drug-likeness (QED) is 0.526. The lowest BCUT2D eigenvalue weighted by Crippen LogP contribution is -2.20. The number of Topliss-reactive ketones (excluding diaryl/α,β-unsaturated/α-hetero) is 1. The van der Waals surface area contributed by atoms with Gasteiger partial charge in [-0.1, -0.05) is 19.8 Å². The zero-order valence-electron chi connectivity index (χ0n) is 6.24. The summed E-state index contributed by atoms with van der Waals surface area (Å²) in [7, 11) is 0. The van der Waals surface area contributed by atoms with Crippen LogP contribution >= 0.6 is 0 Å². The summed E-state index contributed by atoms with van der Waals surface area (Å²) < 4.78 is 0. The van der Waals surface area contributed by atoms with E-state index in [1.165, 1.54) is 12.8 Å². The minimum absolute atomic E-state index is 0.0556. The Kier molecular flexibility index (Phi) is 1.60. The van der Waals surface area contributed by atoms with Gasteiger partial charge in [-0.25, -0.2) is 0 Å². The Morgan fingerprint density at radius 3 is 2.00 bits per heavy atom. The fraction of sp³-hybridized carbons (Fsp3) is 0.875. The predicted octanol–water partition coefficient (Wildman–Crippen LogP) is 2.16. The fourth-order valence-corrected chi connectivity index (χ4v) is 1.51. The number of rotatable bonds is 1. The molecule has 0 aromatic rings. The lowest BCUT2D eigenvalue weighted by molar-refractivity contribution is -0.125. The highest BCUT2D eigenvalue weighted by Crippen LogP contribution is 2.37. The van der Waals surface area contributed by atoms with E-state index in [1.807, 2.05) is 0 Å². The molecule has 1 aliphatic rings. The van der Waals surface area contributed by atoms with Gasteiger partial charge in [-0.3, -0.25) is 4.79 Å². The first-order valence-electron chi connectivity index (χ1n) is 3.66. The first kappa shape index (κ1) is 6.79. The van der Waals surface area contributed by atoms with Gasteiger partial charge in [0, 0.05) is 5.41 Å². The maximum atomic E-state index is 11.0. The highest BCUT2D eigenvalue weighted by molar-refractivity contribution is 5.82. The van der Waals surface area contributed by atoms with Crippen LogP contribution in [0.3, 0.4) is 0 Å². The van der Waals surface area contributed by atoms with E-state index >= 15 is 0 Å². The van der Waals surface area contributed by atoms with E-state index in [-0.39, 0.29) is 5.41 Å². The largest absolute Gasteiger partial charge is 0.299 e. The third kappa shape index (κ3) is 1.15. The summed E-state index contributed by atoms with van der Waals surface area (Å²) in [5, 5.41) is 0. The van der Waals surface area contributed by atoms with Gasteiger partial charge in [0.1, 0.15) is 5.78 Å². The van der Waals surface area contributed by atoms with Crippen molar-refractivity contribution in [1.29, 1.82) is 0 Å². The van der Waals surface area contributed by atoms with Crippen LogP contribution in [0.15, 0.2) is 0 Å². The van der Waals surface area contributed by atoms with Gasteiger partial charge in [-0.15, -0.1) is 0 Å². The van der Waals surface area contributed by atoms with Gasteiger partial charge in [0.2, 0.25) is 0 Å². The Bertz CT molecular complexity index is 121. The predicted molar refractivity (Wildman–Crippen MR) is 37.3 cm³/mol. The van der Waals surface area contributed by atoms with E-state index < -0.39 is 0 Å². The maximum absolute atomic E-state index is 11.0. The summed E-state index contributed by atoms with van der Waals surface area (Å²) in [6.07, 6.45) is 4.72. The van der Waals surface area contributed by atoms with E-state index in [0.717, 1.165) is 12.8 Å². The number of ketones is 1. The lowest BCUT2D eigenvalue weighted by Gasteiger charge is -2.18. The Morgan fingerprint density at radius 1 is 1.33 bits per heavy atom. The Morgan fingerprint density at radius 2 is 1.78 bits per heavy atom. The summed E-state index contributed by atoms with van der Waals surface area (Å²) in [4.78, 5) is 11.0. The van der Waals surface area contributed by atoms with Crippen molar-refractivity contribution in [3.63, 3.8) is 0 Å². The van der Waals surface area contributed by atoms with Gasteiger partial charge in [-0.05, 0) is 19.8 Å². The van der Waals surface area contributed by atoms with Crippen LogP contribution in [0, 0.1) is 5.41 Å². The molecule has 0 radical (unpaired) electrons. The molecule has 0 saturated heterocycles. The van der Waals surface area contributed by atoms with E-state index in [4.69, 9.17) is 0 Å². The smallest absolute Gasteiger partial charge is 0.135 e. The molecule has 1 aliphatic carbocycles. The molecule has 1 saturated carbocycles. The van der Waals surface area contributed by atoms with E-state index in [9.17, 15) is 4.79 Å². The lowest BCUT2D eigenvalue weighted by atomic mass is 9.85. The summed E-state index contributed by atoms with van der Waals surface area (Å²) in [6.45, 7) is 3.80. The second-order valence-corrected chi connectivity index (χ2v) is 3.32. The van der Waals surface area contributed by atoms with Gasteiger partial charge in [0.15, 0.2) is 0 Å². The molecule has 1 heteroatoms. The summed E-state index contributed by atoms with van der Waals surface area (Å²) in [6, 6.07) is 0. The van der Waals surface area contributed by atoms with Crippen molar-refractivity contribution in [2.24, 2.45) is 5.41 Å². The second-order valence-electron chi connectivity index (χ2n) is 3.32. The Labute approximate surface area is 56.4 Å². The minimum atomic E-state index is 0.0556. The number of carbonyl (C=O) groups is 1. The van der Waals surface area contributed by atoms with Crippen LogP contribution in [0.2, 0.25) is 0 Å². The molecule has 0 heterocycles. The first-order valence-corrected chi connectivity index (χ1v) is 3.66. The first-order chi connectivity index (χ1) is 4.15. The van der Waals surface area contributed by atoms with Gasteiger partial charge in [0.25, 0.3) is 0 Å². The van der Waals surface area contributed by atoms with Crippen molar-refractivity contribution in [1.82, 2.24) is 0 Å². The molecule has 0 bridgehead atoms. The average Bonchev–Trinajstić information content (AvgIpc) is 2.16. The Balaban J connectivity index is 2.61. The molecule has 0 N–H and O–H groups in total. The van der Waals surface area contributed by atoms with Crippen molar-refractivity contribution in [2.75, 3.05) is 0 Å². The minimum Gasteiger partial charge on any atom is -0.299 e. The van der Waals surface area contributed by atoms with Crippen LogP contribution in [0.5, 0.6) is 0 Å². The monoisotopic (exact) mass is 126 g/mol. The number of carbonyl (C=O) groups excluding carboxylic acids is 1. The van der Waals surface area contributed by atoms with Crippen LogP contribution in [-0.2, 0) is 4.79 Å². The van der Waals surface area contributed by atoms with Gasteiger partial charge < -0.3 is 0 Å². The molecule has 0 aromatic carbocycles. The van der Waals surface area contributed by atoms with Gasteiger partial charge in [-0.2, -0.15) is 0 Å². The molecular formula is C8H14O. The van der Waals surface area contributed by atoms with Crippen LogP contribution < -0.4 is 0 Å². The molecule has 1 rings (SSSR count). The zero-order chi connectivity index (χ0) is 6.91. The van der Waals surface area contributed by atoms with Crippen LogP contribution in [0.4, 0.5) is 0 Å². The number of hydrogen-bond acceptors (Lipinski definition) is 1. The van der Waals surface area contributed by atoms with Crippen molar-refractivity contribution < 1.29 is 4.79 Å². The molecular weight excluding hydrogens is 112 g/mol. The van der Waals surface area contributed by atoms with Gasteiger partial charge >= 0.3 is 0 Å². The molecule has 0 spiro atoms. The van der Waals surface area contributed by atoms with Crippen molar-refractivity contribution >= 4 is 5.78 Å². The zero-order valence-corrected chi connectivity index (χ0v) is 6.24. The summed E-state index contributed by atoms with van der Waals surface area (Å²) in [5.41, 5.74) is 0.0556. The highest BCUT2D eigenvalue weighted by atomic mass is 16.1. The van der Waals surface area contributed by atoms with E-state index in [0.29, 0.717) is 5.78 Å². The Hall–Kier alpha value is -0.330. The SMILES string of the molecule is CC(=O)C1(C)CCCC1. The normalized spacial score (nSPS) is 24.2. The fourth-order valence-electron chi connectivity index (χ4n) is 1.51. The molecule has 0 unspecified atom stereocenters. The summed E-state index contributed by atoms with van der Waals surface area (Å²) in [5.74, 6) is 0.375. The van der Waals surface area contributed by atoms with Gasteiger partial charge in [0.05, 0.1) is 0 Å². The van der Waals surface area contributed by atoms with Crippen LogP contribution in [-0.4, -0.2) is 5.78 Å². The van der Waals surface area contributed by atoms with Crippen LogP contribution in [0.1, 0.15) is 39.5 Å². The molecule has 52 valence electrons. The molecule has 0 atom stereocenters. The molecule has 0 aliphatic heterocycles. The highest BCUT2D eigenvalue weighted by Gasteiger charge is 2.32. The van der Waals surface area contributed by atoms with Crippen LogP contribution in [0.25, 0.3) is 0 Å². The molecule has 1 fully saturated rings. The standard InChI is InChI=1S/C8H14O/c1-7(9)8(2)5-3-4-6-8/h3-6H2,1-2H3. The summed E-state index contributed by atoms with van der Waals surface area (Å²) >= 11 is 0. The molecule has 9 heavy (non-hydrogen) atoms. The van der Waals surface area contributed by atoms with Crippen molar-refractivity contribution in [3.8, 4) is 0 Å². The second kappa shape index (κ2) is 2.13. The molecule has 1 nitrogen and oxygen atoms in total. The average molecular weight is 126 g/mol. The molecule has 0 amide bonds. The topological polar surface area (TPSA) is 17.1 Å².